The van der Waals surface area contributed by atoms with E-state index in [1.165, 1.54) is 35.8 Å². The van der Waals surface area contributed by atoms with Gasteiger partial charge >= 0.3 is 11.7 Å². The van der Waals surface area contributed by atoms with Gasteiger partial charge in [0, 0.05) is 35.5 Å². The van der Waals surface area contributed by atoms with Gasteiger partial charge in [0.25, 0.3) is 5.56 Å². The normalized spacial score (nSPS) is 11.4. The van der Waals surface area contributed by atoms with E-state index in [-0.39, 0.29) is 41.9 Å². The van der Waals surface area contributed by atoms with Gasteiger partial charge in [-0.15, -0.1) is 0 Å². The first kappa shape index (κ1) is 27.1. The number of anilines is 2. The highest BCUT2D eigenvalue weighted by molar-refractivity contribution is 6.30. The molecule has 0 spiro atoms. The van der Waals surface area contributed by atoms with E-state index in [0.29, 0.717) is 10.6 Å². The molecule has 10 nitrogen and oxygen atoms in total. The van der Waals surface area contributed by atoms with Crippen molar-refractivity contribution in [2.24, 2.45) is 5.92 Å². The maximum absolute atomic E-state index is 14.9. The van der Waals surface area contributed by atoms with Gasteiger partial charge in [-0.1, -0.05) is 36.7 Å². The Hall–Kier alpha value is -4.95. The van der Waals surface area contributed by atoms with Crippen LogP contribution in [0.1, 0.15) is 18.2 Å². The molecule has 0 radical (unpaired) electrons. The minimum Gasteiger partial charge on any atom is -0.481 e. The molecule has 198 valence electrons. The zero-order chi connectivity index (χ0) is 28.1. The van der Waals surface area contributed by atoms with Crippen LogP contribution in [0.2, 0.25) is 5.02 Å². The Morgan fingerprint density at radius 2 is 1.90 bits per heavy atom. The number of carbonyl (C=O) groups is 1. The van der Waals surface area contributed by atoms with E-state index >= 15 is 0 Å². The van der Waals surface area contributed by atoms with Gasteiger partial charge in [0.1, 0.15) is 17.6 Å². The Morgan fingerprint density at radius 1 is 1.15 bits per heavy atom. The maximum Gasteiger partial charge on any atom is 0.332 e. The van der Waals surface area contributed by atoms with Gasteiger partial charge in [0.05, 0.1) is 12.5 Å². The number of carboxylic acids is 1. The Morgan fingerprint density at radius 3 is 2.56 bits per heavy atom. The molecule has 0 saturated carbocycles. The second-order valence-electron chi connectivity index (χ2n) is 8.56. The highest BCUT2D eigenvalue weighted by Crippen LogP contribution is 2.27. The van der Waals surface area contributed by atoms with Crippen LogP contribution in [-0.2, 0) is 17.9 Å². The van der Waals surface area contributed by atoms with Crippen molar-refractivity contribution in [1.29, 1.82) is 5.26 Å². The summed E-state index contributed by atoms with van der Waals surface area (Å²) in [7, 11) is 0. The Labute approximate surface area is 226 Å². The molecule has 2 aromatic heterocycles. The SMILES string of the molecule is C[C@@H](Cn1c(=O)cc(Nc2ccc(Oc3cccc(C#N)n3)c(F)c2)n(Cc2ccc(Cl)cc2)c1=O)C(=O)O. The number of benzene rings is 2. The molecule has 2 heterocycles. The Bertz CT molecular complexity index is 1700. The molecule has 0 amide bonds. The summed E-state index contributed by atoms with van der Waals surface area (Å²) in [5.41, 5.74) is -0.456. The minimum absolute atomic E-state index is 0.0185. The molecule has 4 aromatic rings. The summed E-state index contributed by atoms with van der Waals surface area (Å²) in [5, 5.41) is 21.6. The number of aliphatic carboxylic acids is 1. The fraction of sp³-hybridized carbons (Fsp3) is 0.148. The highest BCUT2D eigenvalue weighted by atomic mass is 35.5. The lowest BCUT2D eigenvalue weighted by molar-refractivity contribution is -0.141. The molecule has 1 atom stereocenters. The van der Waals surface area contributed by atoms with Crippen molar-refractivity contribution in [3.8, 4) is 17.7 Å². The number of nitrogens with zero attached hydrogens (tertiary/aromatic N) is 4. The first-order valence-corrected chi connectivity index (χ1v) is 12.0. The predicted molar refractivity (Wildman–Crippen MR) is 141 cm³/mol. The van der Waals surface area contributed by atoms with E-state index in [4.69, 9.17) is 21.6 Å². The second kappa shape index (κ2) is 11.6. The summed E-state index contributed by atoms with van der Waals surface area (Å²) in [6.07, 6.45) is 0. The number of pyridine rings is 1. The number of nitriles is 1. The van der Waals surface area contributed by atoms with Crippen molar-refractivity contribution in [2.75, 3.05) is 5.32 Å². The molecule has 0 bridgehead atoms. The van der Waals surface area contributed by atoms with Crippen molar-refractivity contribution in [3.05, 3.63) is 110 Å². The number of carboxylic acid groups (broad SMARTS) is 1. The molecule has 0 aliphatic rings. The maximum atomic E-state index is 14.9. The van der Waals surface area contributed by atoms with Crippen LogP contribution in [0.4, 0.5) is 15.9 Å². The zero-order valence-corrected chi connectivity index (χ0v) is 21.2. The third-order valence-corrected chi connectivity index (χ3v) is 5.92. The van der Waals surface area contributed by atoms with Crippen LogP contribution < -0.4 is 21.3 Å². The average Bonchev–Trinajstić information content (AvgIpc) is 2.91. The largest absolute Gasteiger partial charge is 0.481 e. The van der Waals surface area contributed by atoms with Crippen LogP contribution in [0, 0.1) is 23.1 Å². The first-order valence-electron chi connectivity index (χ1n) is 11.6. The molecule has 12 heteroatoms. The number of hydrogen-bond donors (Lipinski definition) is 2. The minimum atomic E-state index is -1.15. The Kier molecular flexibility index (Phi) is 8.07. The molecule has 0 fully saturated rings. The molecular formula is C27H21ClFN5O5. The fourth-order valence-electron chi connectivity index (χ4n) is 3.62. The number of hydrogen-bond acceptors (Lipinski definition) is 7. The van der Waals surface area contributed by atoms with Crippen molar-refractivity contribution < 1.29 is 19.0 Å². The fourth-order valence-corrected chi connectivity index (χ4v) is 3.75. The van der Waals surface area contributed by atoms with Crippen LogP contribution in [0.25, 0.3) is 0 Å². The lowest BCUT2D eigenvalue weighted by Crippen LogP contribution is -2.42. The van der Waals surface area contributed by atoms with Gasteiger partial charge in [-0.2, -0.15) is 5.26 Å². The average molecular weight is 550 g/mol. The molecule has 4 rings (SSSR count). The highest BCUT2D eigenvalue weighted by Gasteiger charge is 2.18. The lowest BCUT2D eigenvalue weighted by Gasteiger charge is -2.18. The van der Waals surface area contributed by atoms with E-state index in [9.17, 15) is 23.9 Å². The summed E-state index contributed by atoms with van der Waals surface area (Å²) in [5.74, 6) is -2.96. The van der Waals surface area contributed by atoms with E-state index in [1.807, 2.05) is 6.07 Å². The zero-order valence-electron chi connectivity index (χ0n) is 20.5. The summed E-state index contributed by atoms with van der Waals surface area (Å²) in [6, 6.07) is 18.1. The van der Waals surface area contributed by atoms with Crippen LogP contribution >= 0.6 is 11.6 Å². The molecule has 39 heavy (non-hydrogen) atoms. The second-order valence-corrected chi connectivity index (χ2v) is 8.99. The monoisotopic (exact) mass is 549 g/mol. The van der Waals surface area contributed by atoms with Gasteiger partial charge in [0.15, 0.2) is 11.6 Å². The third kappa shape index (κ3) is 6.49. The van der Waals surface area contributed by atoms with Crippen molar-refractivity contribution in [3.63, 3.8) is 0 Å². The summed E-state index contributed by atoms with van der Waals surface area (Å²) in [6.45, 7) is 1.09. The van der Waals surface area contributed by atoms with Gasteiger partial charge in [-0.3, -0.25) is 18.7 Å². The first-order chi connectivity index (χ1) is 18.6. The predicted octanol–water partition coefficient (Wildman–Crippen LogP) is 4.37. The summed E-state index contributed by atoms with van der Waals surface area (Å²) >= 11 is 5.97. The number of ether oxygens (including phenoxy) is 1. The number of nitrogens with one attached hydrogen (secondary N) is 1. The van der Waals surface area contributed by atoms with Gasteiger partial charge < -0.3 is 15.2 Å². The molecule has 2 N–H and O–H groups in total. The van der Waals surface area contributed by atoms with Crippen LogP contribution in [0.15, 0.2) is 76.3 Å². The molecule has 2 aromatic carbocycles. The number of halogens is 2. The summed E-state index contributed by atoms with van der Waals surface area (Å²) in [4.78, 5) is 41.4. The standard InChI is InChI=1S/C27H21ClFN5O5/c1-16(26(36)37)14-34-25(35)12-23(33(27(34)38)15-17-5-7-18(28)8-6-17)31-19-9-10-22(21(29)11-19)39-24-4-2-3-20(13-30)32-24/h2-12,16,31H,14-15H2,1H3,(H,36,37)/t16-/m0/s1. The summed E-state index contributed by atoms with van der Waals surface area (Å²) < 4.78 is 22.4. The van der Waals surface area contributed by atoms with Gasteiger partial charge in [-0.05, 0) is 35.9 Å². The van der Waals surface area contributed by atoms with Crippen molar-refractivity contribution in [2.45, 2.75) is 20.0 Å². The van der Waals surface area contributed by atoms with Gasteiger partial charge in [-0.25, -0.2) is 14.2 Å². The third-order valence-electron chi connectivity index (χ3n) is 5.67. The van der Waals surface area contributed by atoms with Crippen molar-refractivity contribution >= 4 is 29.1 Å². The topological polar surface area (TPSA) is 139 Å². The molecule has 0 aliphatic carbocycles. The molecule has 0 saturated heterocycles. The van der Waals surface area contributed by atoms with E-state index in [2.05, 4.69) is 10.3 Å². The lowest BCUT2D eigenvalue weighted by atomic mass is 10.2. The van der Waals surface area contributed by atoms with Crippen LogP contribution in [0.5, 0.6) is 11.6 Å². The van der Waals surface area contributed by atoms with E-state index in [0.717, 1.165) is 16.7 Å². The quantitative estimate of drug-likeness (QED) is 0.314. The number of rotatable bonds is 9. The van der Waals surface area contributed by atoms with E-state index in [1.54, 1.807) is 30.3 Å². The number of aromatic nitrogens is 3. The van der Waals surface area contributed by atoms with Crippen LogP contribution in [-0.4, -0.2) is 25.2 Å². The smallest absolute Gasteiger partial charge is 0.332 e. The van der Waals surface area contributed by atoms with Gasteiger partial charge in [0.2, 0.25) is 5.88 Å². The molecule has 0 unspecified atom stereocenters. The molecular weight excluding hydrogens is 529 g/mol. The van der Waals surface area contributed by atoms with Crippen molar-refractivity contribution in [1.82, 2.24) is 14.1 Å². The molecule has 0 aliphatic heterocycles. The van der Waals surface area contributed by atoms with E-state index < -0.39 is 29.0 Å². The van der Waals surface area contributed by atoms with Crippen LogP contribution in [0.3, 0.4) is 0 Å². The Balaban J connectivity index is 1.69.